The Morgan fingerprint density at radius 2 is 2.10 bits per heavy atom. The summed E-state index contributed by atoms with van der Waals surface area (Å²) in [5, 5.41) is 13.6. The first kappa shape index (κ1) is 13.7. The second kappa shape index (κ2) is 6.04. The number of aromatic nitrogens is 1. The van der Waals surface area contributed by atoms with Gasteiger partial charge >= 0.3 is 0 Å². The molecule has 1 aliphatic rings. The zero-order chi connectivity index (χ0) is 13.9. The van der Waals surface area contributed by atoms with E-state index in [9.17, 15) is 5.11 Å². The van der Waals surface area contributed by atoms with Crippen molar-refractivity contribution in [2.75, 3.05) is 6.54 Å². The monoisotopic (exact) mass is 332 g/mol. The van der Waals surface area contributed by atoms with Gasteiger partial charge in [-0.2, -0.15) is 0 Å². The summed E-state index contributed by atoms with van der Waals surface area (Å²) in [4.78, 5) is 3.97. The Balaban J connectivity index is 1.64. The fourth-order valence-corrected chi connectivity index (χ4v) is 3.16. The number of aliphatic hydroxyl groups is 1. The van der Waals surface area contributed by atoms with Gasteiger partial charge in [-0.1, -0.05) is 22.0 Å². The average molecular weight is 333 g/mol. The highest BCUT2D eigenvalue weighted by Crippen LogP contribution is 2.33. The van der Waals surface area contributed by atoms with Crippen LogP contribution in [0.2, 0.25) is 0 Å². The summed E-state index contributed by atoms with van der Waals surface area (Å²) in [5.74, 6) is 0. The van der Waals surface area contributed by atoms with E-state index >= 15 is 0 Å². The van der Waals surface area contributed by atoms with Crippen molar-refractivity contribution in [2.24, 2.45) is 0 Å². The van der Waals surface area contributed by atoms with Crippen LogP contribution < -0.4 is 5.32 Å². The fourth-order valence-electron chi connectivity index (χ4n) is 2.76. The summed E-state index contributed by atoms with van der Waals surface area (Å²) in [6, 6.07) is 10.5. The number of hydrogen-bond acceptors (Lipinski definition) is 3. The lowest BCUT2D eigenvalue weighted by atomic mass is 10.1. The highest BCUT2D eigenvalue weighted by molar-refractivity contribution is 9.10. The van der Waals surface area contributed by atoms with Crippen molar-refractivity contribution in [3.05, 3.63) is 63.9 Å². The van der Waals surface area contributed by atoms with Crippen molar-refractivity contribution in [3.63, 3.8) is 0 Å². The van der Waals surface area contributed by atoms with Crippen LogP contribution in [0.5, 0.6) is 0 Å². The molecule has 4 heteroatoms. The smallest absolute Gasteiger partial charge is 0.0915 e. The molecule has 2 atom stereocenters. The Labute approximate surface area is 127 Å². The molecule has 2 N–H and O–H groups in total. The molecule has 2 aromatic rings. The molecule has 0 bridgehead atoms. The van der Waals surface area contributed by atoms with Crippen molar-refractivity contribution >= 4 is 15.9 Å². The number of aliphatic hydroxyl groups excluding tert-OH is 1. The molecule has 1 aliphatic carbocycles. The van der Waals surface area contributed by atoms with E-state index in [0.29, 0.717) is 12.6 Å². The minimum absolute atomic E-state index is 0.342. The first-order valence-corrected chi connectivity index (χ1v) is 7.63. The van der Waals surface area contributed by atoms with Gasteiger partial charge in [0.2, 0.25) is 0 Å². The largest absolute Gasteiger partial charge is 0.387 e. The van der Waals surface area contributed by atoms with E-state index < -0.39 is 6.10 Å². The van der Waals surface area contributed by atoms with Crippen molar-refractivity contribution in [1.82, 2.24) is 10.3 Å². The van der Waals surface area contributed by atoms with Gasteiger partial charge in [-0.05, 0) is 53.8 Å². The first-order valence-electron chi connectivity index (χ1n) is 6.84. The number of halogens is 1. The molecule has 0 saturated heterocycles. The molecular formula is C16H17BrN2O. The number of nitrogens with one attached hydrogen (secondary N) is 1. The van der Waals surface area contributed by atoms with E-state index in [-0.39, 0.29) is 0 Å². The van der Waals surface area contributed by atoms with Crippen LogP contribution in [0, 0.1) is 0 Å². The van der Waals surface area contributed by atoms with Gasteiger partial charge in [0.15, 0.2) is 0 Å². The highest BCUT2D eigenvalue weighted by Gasteiger charge is 2.22. The van der Waals surface area contributed by atoms with E-state index in [2.05, 4.69) is 44.4 Å². The van der Waals surface area contributed by atoms with E-state index in [1.807, 2.05) is 12.1 Å². The van der Waals surface area contributed by atoms with Gasteiger partial charge in [0.25, 0.3) is 0 Å². The van der Waals surface area contributed by atoms with Crippen LogP contribution in [0.15, 0.2) is 47.2 Å². The lowest BCUT2D eigenvalue weighted by Crippen LogP contribution is -2.25. The van der Waals surface area contributed by atoms with Crippen molar-refractivity contribution in [2.45, 2.75) is 25.0 Å². The minimum atomic E-state index is -0.488. The summed E-state index contributed by atoms with van der Waals surface area (Å²) in [6.07, 6.45) is 5.12. The lowest BCUT2D eigenvalue weighted by molar-refractivity contribution is 0.169. The van der Waals surface area contributed by atoms with Gasteiger partial charge in [0.05, 0.1) is 6.10 Å². The zero-order valence-electron chi connectivity index (χ0n) is 11.1. The maximum Gasteiger partial charge on any atom is 0.0915 e. The second-order valence-electron chi connectivity index (χ2n) is 5.14. The van der Waals surface area contributed by atoms with Gasteiger partial charge in [0.1, 0.15) is 0 Å². The second-order valence-corrected chi connectivity index (χ2v) is 6.05. The quantitative estimate of drug-likeness (QED) is 0.903. The molecule has 0 fully saturated rings. The topological polar surface area (TPSA) is 45.1 Å². The molecule has 1 aromatic heterocycles. The molecule has 104 valence electrons. The molecular weight excluding hydrogens is 316 g/mol. The van der Waals surface area contributed by atoms with Crippen molar-refractivity contribution < 1.29 is 5.11 Å². The Morgan fingerprint density at radius 1 is 1.30 bits per heavy atom. The SMILES string of the molecule is OC(CNC1CCc2cc(Br)ccc21)c1ccncc1. The van der Waals surface area contributed by atoms with Crippen LogP contribution in [0.25, 0.3) is 0 Å². The number of pyridine rings is 1. The molecule has 0 aliphatic heterocycles. The normalized spacial score (nSPS) is 18.8. The first-order chi connectivity index (χ1) is 9.74. The predicted molar refractivity (Wildman–Crippen MR) is 82.4 cm³/mol. The lowest BCUT2D eigenvalue weighted by Gasteiger charge is -2.17. The van der Waals surface area contributed by atoms with Gasteiger partial charge < -0.3 is 10.4 Å². The molecule has 2 unspecified atom stereocenters. The van der Waals surface area contributed by atoms with Gasteiger partial charge in [0, 0.05) is 29.5 Å². The van der Waals surface area contributed by atoms with Crippen LogP contribution in [0.4, 0.5) is 0 Å². The Kier molecular flexibility index (Phi) is 4.15. The summed E-state index contributed by atoms with van der Waals surface area (Å²) < 4.78 is 1.13. The van der Waals surface area contributed by atoms with Crippen LogP contribution in [-0.2, 0) is 6.42 Å². The third-order valence-corrected chi connectivity index (χ3v) is 4.32. The Morgan fingerprint density at radius 3 is 2.90 bits per heavy atom. The van der Waals surface area contributed by atoms with Crippen LogP contribution >= 0.6 is 15.9 Å². The maximum absolute atomic E-state index is 10.2. The standard InChI is InChI=1S/C16H17BrN2O/c17-13-2-3-14-12(9-13)1-4-15(14)19-10-16(20)11-5-7-18-8-6-11/h2-3,5-9,15-16,19-20H,1,4,10H2. The van der Waals surface area contributed by atoms with E-state index in [1.165, 1.54) is 11.1 Å². The minimum Gasteiger partial charge on any atom is -0.387 e. The summed E-state index contributed by atoms with van der Waals surface area (Å²) in [7, 11) is 0. The van der Waals surface area contributed by atoms with Gasteiger partial charge in [-0.3, -0.25) is 4.98 Å². The number of fused-ring (bicyclic) bond motifs is 1. The van der Waals surface area contributed by atoms with Crippen molar-refractivity contribution in [1.29, 1.82) is 0 Å². The molecule has 3 rings (SSSR count). The van der Waals surface area contributed by atoms with Gasteiger partial charge in [-0.25, -0.2) is 0 Å². The Hall–Kier alpha value is -1.23. The van der Waals surface area contributed by atoms with Crippen LogP contribution in [-0.4, -0.2) is 16.6 Å². The van der Waals surface area contributed by atoms with E-state index in [0.717, 1.165) is 22.9 Å². The molecule has 0 spiro atoms. The highest BCUT2D eigenvalue weighted by atomic mass is 79.9. The van der Waals surface area contributed by atoms with Crippen LogP contribution in [0.3, 0.4) is 0 Å². The summed E-state index contributed by atoms with van der Waals surface area (Å²) in [5.41, 5.74) is 3.66. The Bertz CT molecular complexity index is 588. The summed E-state index contributed by atoms with van der Waals surface area (Å²) >= 11 is 3.51. The average Bonchev–Trinajstić information content (AvgIpc) is 2.88. The van der Waals surface area contributed by atoms with Gasteiger partial charge in [-0.15, -0.1) is 0 Å². The number of aryl methyl sites for hydroxylation is 1. The number of nitrogens with zero attached hydrogens (tertiary/aromatic N) is 1. The molecule has 1 heterocycles. The molecule has 0 saturated carbocycles. The number of rotatable bonds is 4. The predicted octanol–water partition coefficient (Wildman–Crippen LogP) is 3.15. The van der Waals surface area contributed by atoms with Crippen LogP contribution in [0.1, 0.15) is 35.3 Å². The molecule has 1 aromatic carbocycles. The summed E-state index contributed by atoms with van der Waals surface area (Å²) in [6.45, 7) is 0.560. The molecule has 3 nitrogen and oxygen atoms in total. The maximum atomic E-state index is 10.2. The van der Waals surface area contributed by atoms with E-state index in [1.54, 1.807) is 12.4 Å². The number of hydrogen-bond donors (Lipinski definition) is 2. The zero-order valence-corrected chi connectivity index (χ0v) is 12.7. The third kappa shape index (κ3) is 2.92. The van der Waals surface area contributed by atoms with E-state index in [4.69, 9.17) is 0 Å². The molecule has 0 amide bonds. The number of benzene rings is 1. The van der Waals surface area contributed by atoms with Crippen molar-refractivity contribution in [3.8, 4) is 0 Å². The third-order valence-electron chi connectivity index (χ3n) is 3.83. The fraction of sp³-hybridized carbons (Fsp3) is 0.312. The molecule has 0 radical (unpaired) electrons. The molecule has 20 heavy (non-hydrogen) atoms.